The van der Waals surface area contributed by atoms with Crippen LogP contribution in [0.1, 0.15) is 22.8 Å². The van der Waals surface area contributed by atoms with E-state index in [0.717, 1.165) is 23.1 Å². The third-order valence-corrected chi connectivity index (χ3v) is 2.90. The number of benzene rings is 1. The molecule has 0 radical (unpaired) electrons. The minimum atomic E-state index is -0.0338. The van der Waals surface area contributed by atoms with Gasteiger partial charge in [-0.1, -0.05) is 18.6 Å². The van der Waals surface area contributed by atoms with Gasteiger partial charge in [0, 0.05) is 17.6 Å². The highest BCUT2D eigenvalue weighted by Crippen LogP contribution is 2.17. The first-order chi connectivity index (χ1) is 7.65. The van der Waals surface area contributed by atoms with Crippen LogP contribution in [0.5, 0.6) is 0 Å². The Kier molecular flexibility index (Phi) is 5.49. The molecule has 0 fully saturated rings. The Morgan fingerprint density at radius 1 is 1.38 bits per heavy atom. The number of amides is 1. The van der Waals surface area contributed by atoms with E-state index in [1.54, 1.807) is 0 Å². The van der Waals surface area contributed by atoms with Crippen LogP contribution >= 0.6 is 15.9 Å². The number of carbonyl (C=O) groups excluding carboxylic acids is 1. The molecule has 0 saturated heterocycles. The van der Waals surface area contributed by atoms with Crippen LogP contribution in [0, 0.1) is 6.92 Å². The maximum atomic E-state index is 11.8. The van der Waals surface area contributed by atoms with Crippen molar-refractivity contribution in [1.82, 2.24) is 10.6 Å². The Balaban J connectivity index is 2.55. The van der Waals surface area contributed by atoms with Crippen LogP contribution in [0.3, 0.4) is 0 Å². The van der Waals surface area contributed by atoms with E-state index in [2.05, 4.69) is 26.6 Å². The fourth-order valence-corrected chi connectivity index (χ4v) is 1.78. The van der Waals surface area contributed by atoms with Crippen molar-refractivity contribution in [2.45, 2.75) is 13.8 Å². The van der Waals surface area contributed by atoms with Crippen molar-refractivity contribution in [1.29, 1.82) is 0 Å². The molecule has 0 atom stereocenters. The second-order valence-corrected chi connectivity index (χ2v) is 4.45. The first-order valence-corrected chi connectivity index (χ1v) is 6.19. The largest absolute Gasteiger partial charge is 0.351 e. The molecule has 2 N–H and O–H groups in total. The third-order valence-electron chi connectivity index (χ3n) is 2.20. The zero-order valence-corrected chi connectivity index (χ0v) is 11.2. The monoisotopic (exact) mass is 284 g/mol. The molecule has 0 unspecified atom stereocenters. The lowest BCUT2D eigenvalue weighted by molar-refractivity contribution is 0.0953. The van der Waals surface area contributed by atoms with E-state index < -0.39 is 0 Å². The summed E-state index contributed by atoms with van der Waals surface area (Å²) in [6.45, 7) is 6.38. The Morgan fingerprint density at radius 3 is 2.81 bits per heavy atom. The molecule has 1 aromatic carbocycles. The summed E-state index contributed by atoms with van der Waals surface area (Å²) in [7, 11) is 0. The molecule has 0 saturated carbocycles. The molecular formula is C12H17BrN2O. The Morgan fingerprint density at radius 2 is 2.12 bits per heavy atom. The minimum absolute atomic E-state index is 0.0338. The summed E-state index contributed by atoms with van der Waals surface area (Å²) in [6, 6.07) is 5.75. The van der Waals surface area contributed by atoms with Gasteiger partial charge in [0.15, 0.2) is 0 Å². The van der Waals surface area contributed by atoms with Crippen molar-refractivity contribution in [3.8, 4) is 0 Å². The fraction of sp³-hybridized carbons (Fsp3) is 0.417. The molecule has 88 valence electrons. The van der Waals surface area contributed by atoms with Crippen LogP contribution in [0.25, 0.3) is 0 Å². The second kappa shape index (κ2) is 6.66. The summed E-state index contributed by atoms with van der Waals surface area (Å²) in [6.07, 6.45) is 0. The van der Waals surface area contributed by atoms with Crippen molar-refractivity contribution in [3.63, 3.8) is 0 Å². The highest BCUT2D eigenvalue weighted by Gasteiger charge is 2.08. The van der Waals surface area contributed by atoms with E-state index in [-0.39, 0.29) is 5.91 Å². The number of hydrogen-bond donors (Lipinski definition) is 2. The van der Waals surface area contributed by atoms with Gasteiger partial charge in [-0.2, -0.15) is 0 Å². The predicted octanol–water partition coefficient (Wildman–Crippen LogP) is 2.10. The molecular weight excluding hydrogens is 268 g/mol. The number of nitrogens with one attached hydrogen (secondary N) is 2. The fourth-order valence-electron chi connectivity index (χ4n) is 1.35. The summed E-state index contributed by atoms with van der Waals surface area (Å²) < 4.78 is 0.832. The van der Waals surface area contributed by atoms with Gasteiger partial charge in [-0.3, -0.25) is 4.79 Å². The molecule has 1 rings (SSSR count). The average molecular weight is 285 g/mol. The SMILES string of the molecule is CCNCCNC(=O)c1cc(C)ccc1Br. The van der Waals surface area contributed by atoms with Crippen LogP contribution in [0.2, 0.25) is 0 Å². The molecule has 0 aliphatic rings. The van der Waals surface area contributed by atoms with Gasteiger partial charge >= 0.3 is 0 Å². The molecule has 1 amide bonds. The number of rotatable bonds is 5. The number of likely N-dealkylation sites (N-methyl/N-ethyl adjacent to an activating group) is 1. The van der Waals surface area contributed by atoms with Gasteiger partial charge in [0.1, 0.15) is 0 Å². The lowest BCUT2D eigenvalue weighted by atomic mass is 10.1. The summed E-state index contributed by atoms with van der Waals surface area (Å²) >= 11 is 3.38. The van der Waals surface area contributed by atoms with Gasteiger partial charge in [-0.15, -0.1) is 0 Å². The normalized spacial score (nSPS) is 10.2. The molecule has 4 heteroatoms. The van der Waals surface area contributed by atoms with Crippen LogP contribution < -0.4 is 10.6 Å². The van der Waals surface area contributed by atoms with Gasteiger partial charge in [0.05, 0.1) is 5.56 Å². The summed E-state index contributed by atoms with van der Waals surface area (Å²) in [5.41, 5.74) is 1.77. The molecule has 16 heavy (non-hydrogen) atoms. The molecule has 0 heterocycles. The summed E-state index contributed by atoms with van der Waals surface area (Å²) in [5.74, 6) is -0.0338. The van der Waals surface area contributed by atoms with Crippen molar-refractivity contribution in [2.75, 3.05) is 19.6 Å². The first kappa shape index (κ1) is 13.2. The van der Waals surface area contributed by atoms with Crippen molar-refractivity contribution >= 4 is 21.8 Å². The molecule has 0 aliphatic heterocycles. The van der Waals surface area contributed by atoms with E-state index in [0.29, 0.717) is 12.1 Å². The van der Waals surface area contributed by atoms with Gasteiger partial charge in [0.2, 0.25) is 0 Å². The highest BCUT2D eigenvalue weighted by molar-refractivity contribution is 9.10. The molecule has 0 aromatic heterocycles. The standard InChI is InChI=1S/C12H17BrN2O/c1-3-14-6-7-15-12(16)10-8-9(2)4-5-11(10)13/h4-5,8,14H,3,6-7H2,1-2H3,(H,15,16). The second-order valence-electron chi connectivity index (χ2n) is 3.59. The van der Waals surface area contributed by atoms with Crippen LogP contribution in [-0.4, -0.2) is 25.5 Å². The van der Waals surface area contributed by atoms with Gasteiger partial charge in [-0.25, -0.2) is 0 Å². The van der Waals surface area contributed by atoms with Crippen molar-refractivity contribution < 1.29 is 4.79 Å². The maximum absolute atomic E-state index is 11.8. The number of hydrogen-bond acceptors (Lipinski definition) is 2. The smallest absolute Gasteiger partial charge is 0.252 e. The first-order valence-electron chi connectivity index (χ1n) is 5.40. The molecule has 0 bridgehead atoms. The van der Waals surface area contributed by atoms with E-state index in [4.69, 9.17) is 0 Å². The zero-order valence-electron chi connectivity index (χ0n) is 9.64. The van der Waals surface area contributed by atoms with Gasteiger partial charge < -0.3 is 10.6 Å². The number of halogens is 1. The maximum Gasteiger partial charge on any atom is 0.252 e. The van der Waals surface area contributed by atoms with Gasteiger partial charge in [0.25, 0.3) is 5.91 Å². The van der Waals surface area contributed by atoms with E-state index in [9.17, 15) is 4.79 Å². The van der Waals surface area contributed by atoms with Gasteiger partial charge in [-0.05, 0) is 41.5 Å². The zero-order chi connectivity index (χ0) is 12.0. The van der Waals surface area contributed by atoms with Crippen LogP contribution in [-0.2, 0) is 0 Å². The van der Waals surface area contributed by atoms with E-state index in [1.807, 2.05) is 32.0 Å². The summed E-state index contributed by atoms with van der Waals surface area (Å²) in [5, 5.41) is 6.03. The van der Waals surface area contributed by atoms with Crippen molar-refractivity contribution in [2.24, 2.45) is 0 Å². The van der Waals surface area contributed by atoms with Crippen LogP contribution in [0.15, 0.2) is 22.7 Å². The lowest BCUT2D eigenvalue weighted by Gasteiger charge is -2.07. The number of carbonyl (C=O) groups is 1. The lowest BCUT2D eigenvalue weighted by Crippen LogP contribution is -2.31. The average Bonchev–Trinajstić information content (AvgIpc) is 2.27. The molecule has 0 spiro atoms. The number of aryl methyl sites for hydroxylation is 1. The topological polar surface area (TPSA) is 41.1 Å². The minimum Gasteiger partial charge on any atom is -0.351 e. The quantitative estimate of drug-likeness (QED) is 0.813. The third kappa shape index (κ3) is 3.94. The Labute approximate surface area is 105 Å². The van der Waals surface area contributed by atoms with E-state index >= 15 is 0 Å². The van der Waals surface area contributed by atoms with E-state index in [1.165, 1.54) is 0 Å². The molecule has 3 nitrogen and oxygen atoms in total. The highest BCUT2D eigenvalue weighted by atomic mass is 79.9. The Bertz CT molecular complexity index is 366. The van der Waals surface area contributed by atoms with Crippen molar-refractivity contribution in [3.05, 3.63) is 33.8 Å². The molecule has 0 aliphatic carbocycles. The molecule has 1 aromatic rings. The van der Waals surface area contributed by atoms with Crippen LogP contribution in [0.4, 0.5) is 0 Å². The summed E-state index contributed by atoms with van der Waals surface area (Å²) in [4.78, 5) is 11.8. The Hall–Kier alpha value is -0.870. The predicted molar refractivity (Wildman–Crippen MR) is 69.8 cm³/mol.